The van der Waals surface area contributed by atoms with Crippen molar-refractivity contribution in [3.8, 4) is 11.5 Å². The van der Waals surface area contributed by atoms with E-state index in [-0.39, 0.29) is 12.3 Å². The topological polar surface area (TPSA) is 77.7 Å². The number of carbonyl (C=O) groups is 1. The van der Waals surface area contributed by atoms with E-state index in [1.165, 1.54) is 6.20 Å². The van der Waals surface area contributed by atoms with Crippen LogP contribution in [0.4, 0.5) is 0 Å². The lowest BCUT2D eigenvalue weighted by atomic mass is 10.1. The van der Waals surface area contributed by atoms with E-state index in [0.29, 0.717) is 23.9 Å². The van der Waals surface area contributed by atoms with Crippen molar-refractivity contribution < 1.29 is 14.3 Å². The van der Waals surface area contributed by atoms with E-state index in [1.54, 1.807) is 24.2 Å². The SMILES string of the molecule is COc1ccc(/C=N\NC(=O)CCn2cc(Cl)cn2)cc1COc1ccccc1Br. The summed E-state index contributed by atoms with van der Waals surface area (Å²) in [6.07, 6.45) is 5.00. The Hall–Kier alpha value is -2.84. The first-order chi connectivity index (χ1) is 14.5. The highest BCUT2D eigenvalue weighted by molar-refractivity contribution is 9.10. The summed E-state index contributed by atoms with van der Waals surface area (Å²) in [7, 11) is 1.61. The number of carbonyl (C=O) groups excluding carboxylic acids is 1. The summed E-state index contributed by atoms with van der Waals surface area (Å²) in [5, 5.41) is 8.58. The second kappa shape index (κ2) is 10.8. The molecule has 3 aromatic rings. The zero-order valence-corrected chi connectivity index (χ0v) is 18.6. The van der Waals surface area contributed by atoms with Gasteiger partial charge >= 0.3 is 0 Å². The normalized spacial score (nSPS) is 10.9. The van der Waals surface area contributed by atoms with Crippen LogP contribution in [0.5, 0.6) is 11.5 Å². The number of aromatic nitrogens is 2. The van der Waals surface area contributed by atoms with Crippen molar-refractivity contribution in [2.45, 2.75) is 19.6 Å². The van der Waals surface area contributed by atoms with Crippen molar-refractivity contribution in [1.29, 1.82) is 0 Å². The zero-order valence-electron chi connectivity index (χ0n) is 16.2. The van der Waals surface area contributed by atoms with Crippen LogP contribution in [0.25, 0.3) is 0 Å². The molecule has 0 aliphatic heterocycles. The Kier molecular flexibility index (Phi) is 7.87. The third kappa shape index (κ3) is 6.33. The minimum atomic E-state index is -0.219. The van der Waals surface area contributed by atoms with Crippen LogP contribution in [0, 0.1) is 0 Å². The highest BCUT2D eigenvalue weighted by Crippen LogP contribution is 2.27. The summed E-state index contributed by atoms with van der Waals surface area (Å²) in [6, 6.07) is 13.2. The molecule has 1 amide bonds. The van der Waals surface area contributed by atoms with Gasteiger partial charge < -0.3 is 9.47 Å². The van der Waals surface area contributed by atoms with Gasteiger partial charge in [-0.15, -0.1) is 0 Å². The second-order valence-electron chi connectivity index (χ2n) is 6.26. The maximum absolute atomic E-state index is 11.9. The predicted octanol–water partition coefficient (Wildman–Crippen LogP) is 4.43. The number of hydrazone groups is 1. The molecule has 0 saturated heterocycles. The fourth-order valence-corrected chi connectivity index (χ4v) is 3.18. The van der Waals surface area contributed by atoms with Crippen LogP contribution in [-0.4, -0.2) is 29.0 Å². The van der Waals surface area contributed by atoms with Crippen molar-refractivity contribution in [2.24, 2.45) is 5.10 Å². The molecule has 0 atom stereocenters. The van der Waals surface area contributed by atoms with Crippen LogP contribution in [-0.2, 0) is 17.9 Å². The van der Waals surface area contributed by atoms with Gasteiger partial charge in [-0.05, 0) is 51.8 Å². The fourth-order valence-electron chi connectivity index (χ4n) is 2.62. The molecule has 1 aromatic heterocycles. The molecule has 3 rings (SSSR count). The Morgan fingerprint density at radius 2 is 2.13 bits per heavy atom. The predicted molar refractivity (Wildman–Crippen MR) is 119 cm³/mol. The molecule has 9 heteroatoms. The van der Waals surface area contributed by atoms with E-state index in [9.17, 15) is 4.79 Å². The average molecular weight is 492 g/mol. The van der Waals surface area contributed by atoms with Gasteiger partial charge in [-0.25, -0.2) is 5.43 Å². The first-order valence-corrected chi connectivity index (χ1v) is 10.3. The Balaban J connectivity index is 1.57. The number of aryl methyl sites for hydroxylation is 1. The Morgan fingerprint density at radius 3 is 2.87 bits per heavy atom. The summed E-state index contributed by atoms with van der Waals surface area (Å²) < 4.78 is 13.8. The van der Waals surface area contributed by atoms with Crippen LogP contribution in [0.15, 0.2) is 64.4 Å². The van der Waals surface area contributed by atoms with Gasteiger partial charge in [-0.2, -0.15) is 10.2 Å². The highest BCUT2D eigenvalue weighted by atomic mass is 79.9. The first-order valence-electron chi connectivity index (χ1n) is 9.09. The maximum atomic E-state index is 11.9. The van der Waals surface area contributed by atoms with Crippen LogP contribution >= 0.6 is 27.5 Å². The zero-order chi connectivity index (χ0) is 21.3. The number of nitrogens with zero attached hydrogens (tertiary/aromatic N) is 3. The van der Waals surface area contributed by atoms with Gasteiger partial charge in [0.15, 0.2) is 0 Å². The summed E-state index contributed by atoms with van der Waals surface area (Å²) in [5.41, 5.74) is 4.18. The number of ether oxygens (including phenoxy) is 2. The molecule has 156 valence electrons. The van der Waals surface area contributed by atoms with Crippen LogP contribution < -0.4 is 14.9 Å². The molecule has 1 heterocycles. The standard InChI is InChI=1S/C21H20BrClN4O3/c1-29-19-7-6-15(10-16(19)14-30-20-5-3-2-4-18(20)22)11-24-26-21(28)8-9-27-13-17(23)12-25-27/h2-7,10-13H,8-9,14H2,1H3,(H,26,28)/b24-11-. The number of nitrogens with one attached hydrogen (secondary N) is 1. The molecule has 0 aliphatic carbocycles. The number of methoxy groups -OCH3 is 1. The molecule has 2 aromatic carbocycles. The summed E-state index contributed by atoms with van der Waals surface area (Å²) in [5.74, 6) is 1.23. The number of hydrogen-bond acceptors (Lipinski definition) is 5. The number of para-hydroxylation sites is 1. The summed E-state index contributed by atoms with van der Waals surface area (Å²) in [4.78, 5) is 11.9. The monoisotopic (exact) mass is 490 g/mol. The Morgan fingerprint density at radius 1 is 1.30 bits per heavy atom. The smallest absolute Gasteiger partial charge is 0.241 e. The lowest BCUT2D eigenvalue weighted by molar-refractivity contribution is -0.121. The van der Waals surface area contributed by atoms with Gasteiger partial charge in [-0.3, -0.25) is 9.48 Å². The molecule has 1 N–H and O–H groups in total. The van der Waals surface area contributed by atoms with Crippen molar-refractivity contribution >= 4 is 39.7 Å². The fraction of sp³-hybridized carbons (Fsp3) is 0.190. The quantitative estimate of drug-likeness (QED) is 0.355. The number of benzene rings is 2. The highest BCUT2D eigenvalue weighted by Gasteiger charge is 2.07. The minimum Gasteiger partial charge on any atom is -0.496 e. The van der Waals surface area contributed by atoms with Gasteiger partial charge in [0.05, 0.1) is 29.0 Å². The van der Waals surface area contributed by atoms with E-state index < -0.39 is 0 Å². The van der Waals surface area contributed by atoms with Crippen molar-refractivity contribution in [2.75, 3.05) is 7.11 Å². The molecule has 0 unspecified atom stereocenters. The van der Waals surface area contributed by atoms with Gasteiger partial charge in [0.1, 0.15) is 18.1 Å². The van der Waals surface area contributed by atoms with E-state index in [1.807, 2.05) is 42.5 Å². The lowest BCUT2D eigenvalue weighted by Gasteiger charge is -2.12. The third-order valence-corrected chi connectivity index (χ3v) is 4.95. The molecular weight excluding hydrogens is 472 g/mol. The number of rotatable bonds is 9. The number of amides is 1. The van der Waals surface area contributed by atoms with Gasteiger partial charge in [0.25, 0.3) is 0 Å². The molecule has 0 bridgehead atoms. The van der Waals surface area contributed by atoms with E-state index in [2.05, 4.69) is 31.6 Å². The van der Waals surface area contributed by atoms with Crippen LogP contribution in [0.3, 0.4) is 0 Å². The Labute approximate surface area is 187 Å². The van der Waals surface area contributed by atoms with Crippen LogP contribution in [0.1, 0.15) is 17.5 Å². The summed E-state index contributed by atoms with van der Waals surface area (Å²) >= 11 is 9.27. The van der Waals surface area contributed by atoms with Crippen molar-refractivity contribution in [1.82, 2.24) is 15.2 Å². The lowest BCUT2D eigenvalue weighted by Crippen LogP contribution is -2.19. The van der Waals surface area contributed by atoms with E-state index in [4.69, 9.17) is 21.1 Å². The third-order valence-electron chi connectivity index (χ3n) is 4.10. The maximum Gasteiger partial charge on any atom is 0.241 e. The molecule has 0 spiro atoms. The van der Waals surface area contributed by atoms with Gasteiger partial charge in [0, 0.05) is 24.7 Å². The van der Waals surface area contributed by atoms with E-state index >= 15 is 0 Å². The summed E-state index contributed by atoms with van der Waals surface area (Å²) in [6.45, 7) is 0.749. The molecule has 0 saturated carbocycles. The van der Waals surface area contributed by atoms with E-state index in [0.717, 1.165) is 21.3 Å². The number of hydrogen-bond donors (Lipinski definition) is 1. The first kappa shape index (κ1) is 21.9. The Bertz CT molecular complexity index is 1040. The largest absolute Gasteiger partial charge is 0.496 e. The van der Waals surface area contributed by atoms with Crippen molar-refractivity contribution in [3.63, 3.8) is 0 Å². The molecule has 30 heavy (non-hydrogen) atoms. The van der Waals surface area contributed by atoms with Gasteiger partial charge in [0.2, 0.25) is 5.91 Å². The minimum absolute atomic E-state index is 0.219. The molecular formula is C21H20BrClN4O3. The molecule has 0 aliphatic rings. The molecule has 7 nitrogen and oxygen atoms in total. The van der Waals surface area contributed by atoms with Gasteiger partial charge in [-0.1, -0.05) is 23.7 Å². The van der Waals surface area contributed by atoms with Crippen molar-refractivity contribution in [3.05, 3.63) is 75.5 Å². The van der Waals surface area contributed by atoms with Crippen LogP contribution in [0.2, 0.25) is 5.02 Å². The molecule has 0 fully saturated rings. The number of halogens is 2. The second-order valence-corrected chi connectivity index (χ2v) is 7.55. The average Bonchev–Trinajstić information content (AvgIpc) is 3.17. The molecule has 0 radical (unpaired) electrons.